The number of aliphatic hydroxyl groups is 1. The topological polar surface area (TPSA) is 54.4 Å². The Morgan fingerprint density at radius 2 is 1.94 bits per heavy atom. The molecular weight excluding hydrogens is 236 g/mol. The van der Waals surface area contributed by atoms with Crippen LogP contribution in [0.25, 0.3) is 0 Å². The SMILES string of the molecule is C=CCCCC(O)c1ccc(S(C)(=O)=O)cc1. The molecule has 0 bridgehead atoms. The summed E-state index contributed by atoms with van der Waals surface area (Å²) in [6.07, 6.45) is 4.85. The summed E-state index contributed by atoms with van der Waals surface area (Å²) in [5.41, 5.74) is 0.751. The van der Waals surface area contributed by atoms with E-state index in [9.17, 15) is 13.5 Å². The fourth-order valence-electron chi connectivity index (χ4n) is 1.56. The van der Waals surface area contributed by atoms with E-state index >= 15 is 0 Å². The van der Waals surface area contributed by atoms with Gasteiger partial charge in [0.1, 0.15) is 0 Å². The van der Waals surface area contributed by atoms with Crippen molar-refractivity contribution in [3.63, 3.8) is 0 Å². The Morgan fingerprint density at radius 1 is 1.35 bits per heavy atom. The molecule has 0 aliphatic carbocycles. The Balaban J connectivity index is 2.70. The van der Waals surface area contributed by atoms with Crippen LogP contribution in [-0.4, -0.2) is 19.8 Å². The van der Waals surface area contributed by atoms with Crippen molar-refractivity contribution in [2.75, 3.05) is 6.26 Å². The van der Waals surface area contributed by atoms with E-state index < -0.39 is 15.9 Å². The van der Waals surface area contributed by atoms with Crippen molar-refractivity contribution >= 4 is 9.84 Å². The van der Waals surface area contributed by atoms with Gasteiger partial charge in [-0.1, -0.05) is 18.2 Å². The summed E-state index contributed by atoms with van der Waals surface area (Å²) in [5.74, 6) is 0. The van der Waals surface area contributed by atoms with E-state index in [1.165, 1.54) is 18.4 Å². The van der Waals surface area contributed by atoms with Gasteiger partial charge >= 0.3 is 0 Å². The van der Waals surface area contributed by atoms with Crippen molar-refractivity contribution in [2.24, 2.45) is 0 Å². The molecule has 1 unspecified atom stereocenters. The van der Waals surface area contributed by atoms with Gasteiger partial charge in [0.2, 0.25) is 0 Å². The van der Waals surface area contributed by atoms with Crippen LogP contribution >= 0.6 is 0 Å². The zero-order valence-electron chi connectivity index (χ0n) is 9.96. The molecule has 17 heavy (non-hydrogen) atoms. The normalized spacial score (nSPS) is 13.3. The molecular formula is C13H18O3S. The molecule has 0 aromatic heterocycles. The third kappa shape index (κ3) is 4.32. The minimum absolute atomic E-state index is 0.277. The predicted octanol–water partition coefficient (Wildman–Crippen LogP) is 2.48. The van der Waals surface area contributed by atoms with Gasteiger partial charge < -0.3 is 5.11 Å². The van der Waals surface area contributed by atoms with Crippen LogP contribution in [0, 0.1) is 0 Å². The minimum Gasteiger partial charge on any atom is -0.388 e. The van der Waals surface area contributed by atoms with Crippen LogP contribution in [0.5, 0.6) is 0 Å². The lowest BCUT2D eigenvalue weighted by Crippen LogP contribution is -2.00. The van der Waals surface area contributed by atoms with Crippen LogP contribution in [0.15, 0.2) is 41.8 Å². The summed E-state index contributed by atoms with van der Waals surface area (Å²) >= 11 is 0. The molecule has 0 spiro atoms. The van der Waals surface area contributed by atoms with Crippen molar-refractivity contribution in [1.29, 1.82) is 0 Å². The van der Waals surface area contributed by atoms with Gasteiger partial charge in [0.15, 0.2) is 9.84 Å². The number of rotatable bonds is 6. The second-order valence-electron chi connectivity index (χ2n) is 4.08. The molecule has 94 valence electrons. The molecule has 0 saturated carbocycles. The van der Waals surface area contributed by atoms with E-state index in [1.54, 1.807) is 12.1 Å². The monoisotopic (exact) mass is 254 g/mol. The Hall–Kier alpha value is -1.13. The van der Waals surface area contributed by atoms with Gasteiger partial charge in [-0.15, -0.1) is 6.58 Å². The van der Waals surface area contributed by atoms with E-state index in [0.29, 0.717) is 6.42 Å². The number of hydrogen-bond donors (Lipinski definition) is 1. The number of benzene rings is 1. The highest BCUT2D eigenvalue weighted by Gasteiger charge is 2.10. The van der Waals surface area contributed by atoms with Crippen LogP contribution < -0.4 is 0 Å². The number of unbranched alkanes of at least 4 members (excludes halogenated alkanes) is 1. The van der Waals surface area contributed by atoms with Crippen LogP contribution in [0.4, 0.5) is 0 Å². The predicted molar refractivity (Wildman–Crippen MR) is 68.6 cm³/mol. The van der Waals surface area contributed by atoms with Crippen molar-refractivity contribution in [2.45, 2.75) is 30.3 Å². The van der Waals surface area contributed by atoms with Crippen LogP contribution in [-0.2, 0) is 9.84 Å². The fourth-order valence-corrected chi connectivity index (χ4v) is 2.19. The maximum atomic E-state index is 11.3. The molecule has 1 aromatic carbocycles. The molecule has 1 aromatic rings. The smallest absolute Gasteiger partial charge is 0.175 e. The van der Waals surface area contributed by atoms with Gasteiger partial charge in [0, 0.05) is 6.26 Å². The number of sulfone groups is 1. The zero-order chi connectivity index (χ0) is 12.9. The third-order valence-electron chi connectivity index (χ3n) is 2.58. The first-order chi connectivity index (χ1) is 7.95. The molecule has 1 rings (SSSR count). The van der Waals surface area contributed by atoms with E-state index in [4.69, 9.17) is 0 Å². The molecule has 0 heterocycles. The van der Waals surface area contributed by atoms with Crippen molar-refractivity contribution in [3.05, 3.63) is 42.5 Å². The first kappa shape index (κ1) is 13.9. The Kier molecular flexibility index (Phi) is 4.90. The third-order valence-corrected chi connectivity index (χ3v) is 3.71. The van der Waals surface area contributed by atoms with E-state index in [-0.39, 0.29) is 4.90 Å². The Labute approximate surface area is 103 Å². The first-order valence-corrected chi connectivity index (χ1v) is 7.43. The molecule has 1 atom stereocenters. The molecule has 0 saturated heterocycles. The number of allylic oxidation sites excluding steroid dienone is 1. The fraction of sp³-hybridized carbons (Fsp3) is 0.385. The standard InChI is InChI=1S/C13H18O3S/c1-3-4-5-6-13(14)11-7-9-12(10-8-11)17(2,15)16/h3,7-10,13-14H,1,4-6H2,2H3. The molecule has 4 heteroatoms. The summed E-state index contributed by atoms with van der Waals surface area (Å²) in [7, 11) is -3.16. The van der Waals surface area contributed by atoms with Gasteiger partial charge in [0.25, 0.3) is 0 Å². The van der Waals surface area contributed by atoms with Crippen LogP contribution in [0.1, 0.15) is 30.9 Å². The Morgan fingerprint density at radius 3 is 2.41 bits per heavy atom. The second-order valence-corrected chi connectivity index (χ2v) is 6.09. The summed E-state index contributed by atoms with van der Waals surface area (Å²) in [6, 6.07) is 6.38. The molecule has 0 amide bonds. The number of aliphatic hydroxyl groups excluding tert-OH is 1. The summed E-state index contributed by atoms with van der Waals surface area (Å²) in [6.45, 7) is 3.62. The molecule has 0 aliphatic rings. The average Bonchev–Trinajstić information content (AvgIpc) is 2.28. The molecule has 3 nitrogen and oxygen atoms in total. The van der Waals surface area contributed by atoms with Crippen LogP contribution in [0.3, 0.4) is 0 Å². The summed E-state index contributed by atoms with van der Waals surface area (Å²) in [5, 5.41) is 9.86. The first-order valence-electron chi connectivity index (χ1n) is 5.54. The maximum Gasteiger partial charge on any atom is 0.175 e. The molecule has 0 radical (unpaired) electrons. The van der Waals surface area contributed by atoms with Gasteiger partial charge in [0.05, 0.1) is 11.0 Å². The van der Waals surface area contributed by atoms with Gasteiger partial charge in [-0.05, 0) is 37.0 Å². The highest BCUT2D eigenvalue weighted by molar-refractivity contribution is 7.90. The zero-order valence-corrected chi connectivity index (χ0v) is 10.8. The quantitative estimate of drug-likeness (QED) is 0.627. The second kappa shape index (κ2) is 5.98. The largest absolute Gasteiger partial charge is 0.388 e. The molecule has 0 fully saturated rings. The van der Waals surface area contributed by atoms with Gasteiger partial charge in [-0.25, -0.2) is 8.42 Å². The number of hydrogen-bond acceptors (Lipinski definition) is 3. The van der Waals surface area contributed by atoms with E-state index in [1.807, 2.05) is 6.08 Å². The van der Waals surface area contributed by atoms with Gasteiger partial charge in [-0.3, -0.25) is 0 Å². The van der Waals surface area contributed by atoms with Crippen molar-refractivity contribution < 1.29 is 13.5 Å². The highest BCUT2D eigenvalue weighted by Crippen LogP contribution is 2.20. The maximum absolute atomic E-state index is 11.3. The minimum atomic E-state index is -3.16. The average molecular weight is 254 g/mol. The van der Waals surface area contributed by atoms with E-state index in [2.05, 4.69) is 6.58 Å². The molecule has 1 N–H and O–H groups in total. The lowest BCUT2D eigenvalue weighted by atomic mass is 10.0. The lowest BCUT2D eigenvalue weighted by molar-refractivity contribution is 0.165. The van der Waals surface area contributed by atoms with Crippen molar-refractivity contribution in [1.82, 2.24) is 0 Å². The van der Waals surface area contributed by atoms with Gasteiger partial charge in [-0.2, -0.15) is 0 Å². The van der Waals surface area contributed by atoms with Crippen LogP contribution in [0.2, 0.25) is 0 Å². The highest BCUT2D eigenvalue weighted by atomic mass is 32.2. The summed E-state index contributed by atoms with van der Waals surface area (Å²) < 4.78 is 22.5. The van der Waals surface area contributed by atoms with E-state index in [0.717, 1.165) is 18.4 Å². The Bertz CT molecular complexity index is 460. The molecule has 0 aliphatic heterocycles. The lowest BCUT2D eigenvalue weighted by Gasteiger charge is -2.10. The summed E-state index contributed by atoms with van der Waals surface area (Å²) in [4.78, 5) is 0.277. The van der Waals surface area contributed by atoms with Crippen molar-refractivity contribution in [3.8, 4) is 0 Å².